The van der Waals surface area contributed by atoms with Crippen molar-refractivity contribution in [2.75, 3.05) is 13.1 Å². The van der Waals surface area contributed by atoms with Crippen LogP contribution in [0.2, 0.25) is 0 Å². The number of nitrogens with one attached hydrogen (secondary N) is 1. The molecule has 5 heteroatoms. The Balaban J connectivity index is 1.55. The molecule has 1 spiro atoms. The molecule has 24 heavy (non-hydrogen) atoms. The summed E-state index contributed by atoms with van der Waals surface area (Å²) >= 11 is 1.75. The monoisotopic (exact) mass is 343 g/mol. The van der Waals surface area contributed by atoms with E-state index >= 15 is 0 Å². The highest BCUT2D eigenvalue weighted by Crippen LogP contribution is 2.56. The zero-order valence-electron chi connectivity index (χ0n) is 14.2. The topological polar surface area (TPSA) is 48.4 Å². The molecule has 3 heterocycles. The highest BCUT2D eigenvalue weighted by atomic mass is 32.1. The molecule has 128 valence electrons. The maximum absolute atomic E-state index is 10.2. The van der Waals surface area contributed by atoms with Gasteiger partial charge in [0.25, 0.3) is 0 Å². The number of piperidine rings is 1. The first kappa shape index (κ1) is 16.1. The van der Waals surface area contributed by atoms with E-state index in [1.165, 1.54) is 24.8 Å². The van der Waals surface area contributed by atoms with Crippen LogP contribution in [0.15, 0.2) is 29.0 Å². The standard InChI is InChI=1S/C19H25N3OS/c1-14-2-3-17(23)16(21-14)12-22(11-15-4-9-24-13-15)18-10-19(18)5-7-20-8-6-19/h2-4,9,13,18,20,23H,5-8,10-12H2,1H3/t18-/m0/s1. The number of pyridine rings is 1. The van der Waals surface area contributed by atoms with Gasteiger partial charge >= 0.3 is 0 Å². The average molecular weight is 343 g/mol. The van der Waals surface area contributed by atoms with Gasteiger partial charge in [-0.3, -0.25) is 9.88 Å². The fourth-order valence-corrected chi connectivity index (χ4v) is 4.77. The van der Waals surface area contributed by atoms with Crippen LogP contribution in [0, 0.1) is 12.3 Å². The van der Waals surface area contributed by atoms with E-state index in [0.29, 0.717) is 17.2 Å². The number of hydrogen-bond acceptors (Lipinski definition) is 5. The van der Waals surface area contributed by atoms with E-state index in [-0.39, 0.29) is 0 Å². The molecular weight excluding hydrogens is 318 g/mol. The fourth-order valence-electron chi connectivity index (χ4n) is 4.11. The summed E-state index contributed by atoms with van der Waals surface area (Å²) in [7, 11) is 0. The number of thiophene rings is 1. The highest BCUT2D eigenvalue weighted by Gasteiger charge is 2.56. The molecule has 2 fully saturated rings. The SMILES string of the molecule is Cc1ccc(O)c(CN(Cc2ccsc2)[C@H]2CC23CCNCC3)n1. The van der Waals surface area contributed by atoms with E-state index in [2.05, 4.69) is 32.0 Å². The molecule has 1 saturated carbocycles. The smallest absolute Gasteiger partial charge is 0.138 e. The Bertz CT molecular complexity index is 695. The van der Waals surface area contributed by atoms with E-state index in [1.54, 1.807) is 17.4 Å². The van der Waals surface area contributed by atoms with Gasteiger partial charge in [-0.25, -0.2) is 0 Å². The molecule has 0 radical (unpaired) electrons. The Morgan fingerprint density at radius 3 is 2.88 bits per heavy atom. The predicted molar refractivity (Wildman–Crippen MR) is 97.1 cm³/mol. The average Bonchev–Trinajstić information content (AvgIpc) is 3.02. The van der Waals surface area contributed by atoms with Gasteiger partial charge in [-0.1, -0.05) is 0 Å². The van der Waals surface area contributed by atoms with E-state index in [1.807, 2.05) is 13.0 Å². The highest BCUT2D eigenvalue weighted by molar-refractivity contribution is 7.07. The zero-order chi connectivity index (χ0) is 16.6. The lowest BCUT2D eigenvalue weighted by Crippen LogP contribution is -2.35. The summed E-state index contributed by atoms with van der Waals surface area (Å²) in [6.07, 6.45) is 3.82. The van der Waals surface area contributed by atoms with Gasteiger partial charge in [-0.15, -0.1) is 0 Å². The van der Waals surface area contributed by atoms with Gasteiger partial charge in [0, 0.05) is 24.8 Å². The number of aromatic hydroxyl groups is 1. The van der Waals surface area contributed by atoms with Crippen LogP contribution < -0.4 is 5.32 Å². The third kappa shape index (κ3) is 3.21. The van der Waals surface area contributed by atoms with Gasteiger partial charge in [0.15, 0.2) is 0 Å². The summed E-state index contributed by atoms with van der Waals surface area (Å²) in [6, 6.07) is 6.46. The van der Waals surface area contributed by atoms with Crippen LogP contribution in [0.3, 0.4) is 0 Å². The molecule has 4 rings (SSSR count). The van der Waals surface area contributed by atoms with Crippen molar-refractivity contribution in [1.82, 2.24) is 15.2 Å². The Hall–Kier alpha value is -1.43. The van der Waals surface area contributed by atoms with Crippen LogP contribution in [-0.2, 0) is 13.1 Å². The van der Waals surface area contributed by atoms with Crippen LogP contribution in [-0.4, -0.2) is 34.1 Å². The molecule has 2 aromatic rings. The van der Waals surface area contributed by atoms with Crippen LogP contribution in [0.25, 0.3) is 0 Å². The molecular formula is C19H25N3OS. The summed E-state index contributed by atoms with van der Waals surface area (Å²) in [6.45, 7) is 5.92. The summed E-state index contributed by atoms with van der Waals surface area (Å²) < 4.78 is 0. The second-order valence-corrected chi connectivity index (χ2v) is 8.07. The molecule has 1 atom stereocenters. The van der Waals surface area contributed by atoms with Crippen molar-refractivity contribution in [3.8, 4) is 5.75 Å². The van der Waals surface area contributed by atoms with Crippen LogP contribution in [0.5, 0.6) is 5.75 Å². The predicted octanol–water partition coefficient (Wildman–Crippen LogP) is 3.30. The minimum atomic E-state index is 0.316. The second kappa shape index (κ2) is 6.47. The van der Waals surface area contributed by atoms with Crippen molar-refractivity contribution in [1.29, 1.82) is 0 Å². The van der Waals surface area contributed by atoms with Crippen LogP contribution >= 0.6 is 11.3 Å². The Morgan fingerprint density at radius 2 is 2.12 bits per heavy atom. The summed E-state index contributed by atoms with van der Waals surface area (Å²) in [4.78, 5) is 7.12. The first-order chi connectivity index (χ1) is 11.7. The van der Waals surface area contributed by atoms with E-state index in [9.17, 15) is 5.11 Å². The van der Waals surface area contributed by atoms with Crippen LogP contribution in [0.1, 0.15) is 36.2 Å². The molecule has 1 aliphatic heterocycles. The Labute approximate surface area is 147 Å². The molecule has 0 unspecified atom stereocenters. The number of aromatic nitrogens is 1. The van der Waals surface area contributed by atoms with Crippen molar-refractivity contribution in [2.45, 2.75) is 45.3 Å². The van der Waals surface area contributed by atoms with Gasteiger partial charge in [0.05, 0.1) is 5.69 Å². The second-order valence-electron chi connectivity index (χ2n) is 7.29. The van der Waals surface area contributed by atoms with E-state index in [0.717, 1.165) is 37.6 Å². The normalized spacial score (nSPS) is 22.2. The lowest BCUT2D eigenvalue weighted by Gasteiger charge is -2.29. The Morgan fingerprint density at radius 1 is 1.29 bits per heavy atom. The lowest BCUT2D eigenvalue weighted by molar-refractivity contribution is 0.184. The fraction of sp³-hybridized carbons (Fsp3) is 0.526. The van der Waals surface area contributed by atoms with Gasteiger partial charge in [-0.05, 0) is 79.2 Å². The largest absolute Gasteiger partial charge is 0.506 e. The maximum atomic E-state index is 10.2. The lowest BCUT2D eigenvalue weighted by atomic mass is 9.93. The number of aryl methyl sites for hydroxylation is 1. The first-order valence-corrected chi connectivity index (χ1v) is 9.72. The minimum absolute atomic E-state index is 0.316. The van der Waals surface area contributed by atoms with Gasteiger partial charge < -0.3 is 10.4 Å². The summed E-state index contributed by atoms with van der Waals surface area (Å²) in [5, 5.41) is 18.1. The number of nitrogens with zero attached hydrogens (tertiary/aromatic N) is 2. The molecule has 0 amide bonds. The minimum Gasteiger partial charge on any atom is -0.506 e. The molecule has 4 nitrogen and oxygen atoms in total. The maximum Gasteiger partial charge on any atom is 0.138 e. The third-order valence-electron chi connectivity index (χ3n) is 5.59. The molecule has 0 bridgehead atoms. The third-order valence-corrected chi connectivity index (χ3v) is 6.33. The van der Waals surface area contributed by atoms with E-state index in [4.69, 9.17) is 0 Å². The first-order valence-electron chi connectivity index (χ1n) is 8.78. The van der Waals surface area contributed by atoms with Crippen molar-refractivity contribution in [3.63, 3.8) is 0 Å². The molecule has 2 aromatic heterocycles. The molecule has 1 aliphatic carbocycles. The zero-order valence-corrected chi connectivity index (χ0v) is 15.0. The Kier molecular flexibility index (Phi) is 4.33. The summed E-state index contributed by atoms with van der Waals surface area (Å²) in [5.74, 6) is 0.316. The number of hydrogen-bond donors (Lipinski definition) is 2. The van der Waals surface area contributed by atoms with Crippen molar-refractivity contribution in [2.24, 2.45) is 5.41 Å². The van der Waals surface area contributed by atoms with Gasteiger partial charge in [0.2, 0.25) is 0 Å². The molecule has 0 aromatic carbocycles. The molecule has 1 saturated heterocycles. The van der Waals surface area contributed by atoms with Crippen molar-refractivity contribution >= 4 is 11.3 Å². The van der Waals surface area contributed by atoms with Crippen molar-refractivity contribution in [3.05, 3.63) is 45.9 Å². The van der Waals surface area contributed by atoms with Gasteiger partial charge in [-0.2, -0.15) is 11.3 Å². The quantitative estimate of drug-likeness (QED) is 0.874. The molecule has 2 aliphatic rings. The number of rotatable bonds is 5. The van der Waals surface area contributed by atoms with Crippen LogP contribution in [0.4, 0.5) is 0 Å². The summed E-state index contributed by atoms with van der Waals surface area (Å²) in [5.41, 5.74) is 3.62. The van der Waals surface area contributed by atoms with E-state index < -0.39 is 0 Å². The van der Waals surface area contributed by atoms with Gasteiger partial charge in [0.1, 0.15) is 5.75 Å². The van der Waals surface area contributed by atoms with Crippen molar-refractivity contribution < 1.29 is 5.11 Å². The molecule has 2 N–H and O–H groups in total.